The molecule has 0 bridgehead atoms. The van der Waals surface area contributed by atoms with E-state index < -0.39 is 57.3 Å². The predicted octanol–water partition coefficient (Wildman–Crippen LogP) is 1.94. The van der Waals surface area contributed by atoms with Gasteiger partial charge in [0.2, 0.25) is 5.91 Å². The molecule has 1 fully saturated rings. The fourth-order valence-corrected chi connectivity index (χ4v) is 6.39. The van der Waals surface area contributed by atoms with Gasteiger partial charge in [0, 0.05) is 23.6 Å². The van der Waals surface area contributed by atoms with Crippen molar-refractivity contribution in [3.05, 3.63) is 71.7 Å². The minimum Gasteiger partial charge on any atom is -0.618 e. The minimum absolute atomic E-state index is 0.0516. The number of nitrogens with zero attached hydrogens (tertiary/aromatic N) is 3. The first kappa shape index (κ1) is 29.1. The highest BCUT2D eigenvalue weighted by Gasteiger charge is 2.40. The Kier molecular flexibility index (Phi) is 8.79. The van der Waals surface area contributed by atoms with E-state index in [1.165, 1.54) is 18.2 Å². The van der Waals surface area contributed by atoms with Crippen LogP contribution >= 0.6 is 0 Å². The number of rotatable bonds is 8. The molecule has 4 rings (SSSR count). The molecule has 3 atom stereocenters. The van der Waals surface area contributed by atoms with E-state index in [9.17, 15) is 28.0 Å². The molecule has 12 heteroatoms. The average Bonchev–Trinajstić information content (AvgIpc) is 3.06. The Balaban J connectivity index is 1.48. The average molecular weight is 568 g/mol. The molecular formula is C28H33N5O6S. The van der Waals surface area contributed by atoms with E-state index in [1.807, 2.05) is 32.0 Å². The van der Waals surface area contributed by atoms with Gasteiger partial charge in [-0.15, -0.1) is 0 Å². The topological polar surface area (TPSA) is 152 Å². The number of aromatic nitrogens is 2. The van der Waals surface area contributed by atoms with Crippen LogP contribution < -0.4 is 15.4 Å². The lowest BCUT2D eigenvalue weighted by atomic mass is 10.0. The molecule has 0 radical (unpaired) electrons. The van der Waals surface area contributed by atoms with Crippen LogP contribution in [0.25, 0.3) is 10.9 Å². The summed E-state index contributed by atoms with van der Waals surface area (Å²) in [6, 6.07) is 12.3. The number of carbonyl (C=O) groups is 3. The van der Waals surface area contributed by atoms with Gasteiger partial charge in [0.1, 0.15) is 11.7 Å². The van der Waals surface area contributed by atoms with Crippen molar-refractivity contribution in [1.29, 1.82) is 0 Å². The second kappa shape index (κ2) is 12.1. The lowest BCUT2D eigenvalue weighted by molar-refractivity contribution is -0.646. The summed E-state index contributed by atoms with van der Waals surface area (Å²) in [5.74, 6) is -1.50. The van der Waals surface area contributed by atoms with Crippen molar-refractivity contribution >= 4 is 38.5 Å². The number of amides is 2. The third kappa shape index (κ3) is 6.45. The van der Waals surface area contributed by atoms with Gasteiger partial charge < -0.3 is 15.8 Å². The molecule has 3 unspecified atom stereocenters. The maximum atomic E-state index is 13.3. The number of ketones is 1. The smallest absolute Gasteiger partial charge is 0.323 e. The monoisotopic (exact) mass is 567 g/mol. The van der Waals surface area contributed by atoms with E-state index in [2.05, 4.69) is 15.6 Å². The Bertz CT molecular complexity index is 1530. The van der Waals surface area contributed by atoms with Crippen molar-refractivity contribution in [2.45, 2.75) is 63.2 Å². The van der Waals surface area contributed by atoms with E-state index >= 15 is 0 Å². The number of nitrogens with one attached hydrogen (secondary N) is 2. The summed E-state index contributed by atoms with van der Waals surface area (Å²) in [6.45, 7) is 4.98. The van der Waals surface area contributed by atoms with Crippen LogP contribution in [0.5, 0.6) is 0 Å². The number of hydrogen-bond donors (Lipinski definition) is 2. The van der Waals surface area contributed by atoms with Crippen LogP contribution in [0.3, 0.4) is 0 Å². The molecule has 1 saturated heterocycles. The summed E-state index contributed by atoms with van der Waals surface area (Å²) in [5, 5.41) is 18.0. The molecule has 2 aromatic heterocycles. The Morgan fingerprint density at radius 3 is 2.55 bits per heavy atom. The molecule has 212 valence electrons. The van der Waals surface area contributed by atoms with Gasteiger partial charge in [-0.2, -0.15) is 9.04 Å². The van der Waals surface area contributed by atoms with Crippen LogP contribution in [-0.2, 0) is 19.6 Å². The van der Waals surface area contributed by atoms with Gasteiger partial charge in [-0.3, -0.25) is 14.4 Å². The number of benzene rings is 1. The summed E-state index contributed by atoms with van der Waals surface area (Å²) < 4.78 is 27.7. The van der Waals surface area contributed by atoms with Crippen LogP contribution in [0.1, 0.15) is 50.5 Å². The maximum Gasteiger partial charge on any atom is 0.323 e. The van der Waals surface area contributed by atoms with Gasteiger partial charge in [-0.1, -0.05) is 38.1 Å². The number of pyridine rings is 2. The standard InChI is InChI=1S/C28H33N5O6S/c1-18(2)16-24(31-27(35)23-14-12-20-8-4-5-9-21(20)29-23)28(36)30-22-13-11-19(3)33(17-25(22)34)40(38,39)26-10-6-7-15-32(26)37/h4-10,12,14-15,18-19,22,24H,11,13,16-17H2,1-3H3,(H,30,36)(H,31,35). The molecule has 1 aliphatic heterocycles. The fourth-order valence-electron chi connectivity index (χ4n) is 4.74. The molecular weight excluding hydrogens is 534 g/mol. The van der Waals surface area contributed by atoms with Gasteiger partial charge in [0.05, 0.1) is 18.1 Å². The third-order valence-corrected chi connectivity index (χ3v) is 8.85. The molecule has 0 saturated carbocycles. The Hall–Kier alpha value is -3.90. The SMILES string of the molecule is CC(C)CC(NC(=O)c1ccc2ccccc2n1)C(=O)NC1CCC(C)N(S(=O)(=O)c2cccc[n+]2[O-])CC1=O. The first-order valence-electron chi connectivity index (χ1n) is 13.2. The molecule has 3 aromatic rings. The fraction of sp³-hybridized carbons (Fsp3) is 0.393. The number of hydrogen-bond acceptors (Lipinski definition) is 7. The number of sulfonamides is 1. The first-order chi connectivity index (χ1) is 19.0. The molecule has 2 amide bonds. The van der Waals surface area contributed by atoms with Gasteiger partial charge in [-0.05, 0) is 50.3 Å². The van der Waals surface area contributed by atoms with E-state index in [1.54, 1.807) is 25.1 Å². The van der Waals surface area contributed by atoms with E-state index in [-0.39, 0.29) is 29.2 Å². The molecule has 40 heavy (non-hydrogen) atoms. The lowest BCUT2D eigenvalue weighted by Crippen LogP contribution is -2.53. The molecule has 0 aliphatic carbocycles. The normalized spacial score (nSPS) is 19.2. The number of Topliss-reactive ketones (excluding diaryl/α,β-unsaturated/α-hetero) is 1. The zero-order valence-corrected chi connectivity index (χ0v) is 23.4. The maximum absolute atomic E-state index is 13.3. The number of fused-ring (bicyclic) bond motifs is 1. The quantitative estimate of drug-likeness (QED) is 0.312. The molecule has 11 nitrogen and oxygen atoms in total. The summed E-state index contributed by atoms with van der Waals surface area (Å²) in [4.78, 5) is 43.9. The second-order valence-electron chi connectivity index (χ2n) is 10.4. The van der Waals surface area contributed by atoms with Crippen molar-refractivity contribution in [2.75, 3.05) is 6.54 Å². The predicted molar refractivity (Wildman–Crippen MR) is 147 cm³/mol. The van der Waals surface area contributed by atoms with Crippen LogP contribution in [0.15, 0.2) is 65.8 Å². The molecule has 3 heterocycles. The Labute approximate surface area is 233 Å². The van der Waals surface area contributed by atoms with Crippen LogP contribution in [0.2, 0.25) is 0 Å². The highest BCUT2D eigenvalue weighted by molar-refractivity contribution is 7.89. The summed E-state index contributed by atoms with van der Waals surface area (Å²) in [5.41, 5.74) is 0.813. The second-order valence-corrected chi connectivity index (χ2v) is 12.3. The summed E-state index contributed by atoms with van der Waals surface area (Å²) in [7, 11) is -4.26. The van der Waals surface area contributed by atoms with Gasteiger partial charge in [-0.25, -0.2) is 13.4 Å². The van der Waals surface area contributed by atoms with Crippen LogP contribution in [-0.4, -0.2) is 60.0 Å². The summed E-state index contributed by atoms with van der Waals surface area (Å²) in [6.07, 6.45) is 1.89. The van der Waals surface area contributed by atoms with Gasteiger partial charge in [0.15, 0.2) is 12.0 Å². The zero-order chi connectivity index (χ0) is 29.0. The van der Waals surface area contributed by atoms with E-state index in [0.29, 0.717) is 11.9 Å². The lowest BCUT2D eigenvalue weighted by Gasteiger charge is -2.24. The Morgan fingerprint density at radius 1 is 1.10 bits per heavy atom. The number of carbonyl (C=O) groups excluding carboxylic acids is 3. The highest BCUT2D eigenvalue weighted by Crippen LogP contribution is 2.22. The van der Waals surface area contributed by atoms with Crippen molar-refractivity contribution in [1.82, 2.24) is 19.9 Å². The third-order valence-electron chi connectivity index (χ3n) is 6.90. The minimum atomic E-state index is -4.26. The van der Waals surface area contributed by atoms with Crippen molar-refractivity contribution in [3.8, 4) is 0 Å². The first-order valence-corrected chi connectivity index (χ1v) is 14.6. The molecule has 2 N–H and O–H groups in total. The molecule has 0 spiro atoms. The van der Waals surface area contributed by atoms with Crippen molar-refractivity contribution in [2.24, 2.45) is 5.92 Å². The van der Waals surface area contributed by atoms with Gasteiger partial charge >= 0.3 is 15.0 Å². The zero-order valence-electron chi connectivity index (χ0n) is 22.6. The molecule has 1 aromatic carbocycles. The largest absolute Gasteiger partial charge is 0.618 e. The van der Waals surface area contributed by atoms with Crippen molar-refractivity contribution < 1.29 is 27.5 Å². The number of para-hydroxylation sites is 1. The van der Waals surface area contributed by atoms with Gasteiger partial charge in [0.25, 0.3) is 5.91 Å². The van der Waals surface area contributed by atoms with E-state index in [0.717, 1.165) is 15.9 Å². The summed E-state index contributed by atoms with van der Waals surface area (Å²) >= 11 is 0. The van der Waals surface area contributed by atoms with Crippen LogP contribution in [0.4, 0.5) is 0 Å². The van der Waals surface area contributed by atoms with Crippen LogP contribution in [0, 0.1) is 11.1 Å². The Morgan fingerprint density at radius 2 is 1.82 bits per heavy atom. The highest BCUT2D eigenvalue weighted by atomic mass is 32.2. The molecule has 1 aliphatic rings. The van der Waals surface area contributed by atoms with E-state index in [4.69, 9.17) is 0 Å². The van der Waals surface area contributed by atoms with Crippen molar-refractivity contribution in [3.63, 3.8) is 0 Å².